The fourth-order valence-corrected chi connectivity index (χ4v) is 3.88. The van der Waals surface area contributed by atoms with Gasteiger partial charge in [0.25, 0.3) is 0 Å². The molecular weight excluding hydrogens is 365 g/mol. The van der Waals surface area contributed by atoms with Crippen LogP contribution in [0.1, 0.15) is 23.6 Å². The monoisotopic (exact) mass is 380 g/mol. The molecule has 0 spiro atoms. The predicted octanol–water partition coefficient (Wildman–Crippen LogP) is 5.29. The molecule has 3 aromatic rings. The quantitative estimate of drug-likeness (QED) is 0.559. The van der Waals surface area contributed by atoms with Crippen molar-refractivity contribution in [3.05, 3.63) is 83.1 Å². The van der Waals surface area contributed by atoms with Gasteiger partial charge in [0.2, 0.25) is 0 Å². The van der Waals surface area contributed by atoms with Gasteiger partial charge in [0.1, 0.15) is 0 Å². The van der Waals surface area contributed by atoms with E-state index in [-0.39, 0.29) is 29.1 Å². The van der Waals surface area contributed by atoms with Crippen molar-refractivity contribution in [1.82, 2.24) is 4.98 Å². The second-order valence-corrected chi connectivity index (χ2v) is 6.43. The number of nitrogens with zero attached hydrogens (tertiary/aromatic N) is 1. The first kappa shape index (κ1) is 18.0. The number of para-hydroxylation sites is 1. The molecule has 1 aliphatic rings. The van der Waals surface area contributed by atoms with E-state index in [1.54, 1.807) is 0 Å². The Morgan fingerprint density at radius 3 is 2.39 bits per heavy atom. The molecule has 1 heterocycles. The smallest absolute Gasteiger partial charge is 0.147 e. The second kappa shape index (κ2) is 6.67. The zero-order valence-corrected chi connectivity index (χ0v) is 15.4. The van der Waals surface area contributed by atoms with Gasteiger partial charge in [0.05, 0.1) is 0 Å². The third-order valence-electron chi connectivity index (χ3n) is 4.28. The van der Waals surface area contributed by atoms with Crippen LogP contribution in [0.25, 0.3) is 17.0 Å². The molecular formula is C19H16Cl2CrN. The first-order chi connectivity index (χ1) is 10.2. The normalized spacial score (nSPS) is 18.6. The largest absolute Gasteiger partial charge is 0.147 e. The van der Waals surface area contributed by atoms with E-state index in [1.807, 2.05) is 12.3 Å². The Kier molecular flexibility index (Phi) is 5.24. The number of aromatic nitrogens is 1. The molecule has 0 bridgehead atoms. The molecule has 0 fully saturated rings. The number of fused-ring (bicyclic) bond motifs is 2. The summed E-state index contributed by atoms with van der Waals surface area (Å²) in [5.74, 6) is 0. The molecule has 1 aliphatic carbocycles. The van der Waals surface area contributed by atoms with Crippen LogP contribution < -0.4 is 0 Å². The Labute approximate surface area is 157 Å². The Morgan fingerprint density at radius 1 is 0.870 bits per heavy atom. The van der Waals surface area contributed by atoms with E-state index in [0.717, 1.165) is 5.52 Å². The molecule has 23 heavy (non-hydrogen) atoms. The van der Waals surface area contributed by atoms with Gasteiger partial charge >= 0.3 is 133 Å². The average molecular weight is 381 g/mol. The van der Waals surface area contributed by atoms with Gasteiger partial charge in [-0.25, -0.2) is 0 Å². The minimum absolute atomic E-state index is 0. The topological polar surface area (TPSA) is 12.9 Å². The van der Waals surface area contributed by atoms with Crippen LogP contribution in [-0.4, -0.2) is 4.98 Å². The van der Waals surface area contributed by atoms with Crippen LogP contribution in [-0.2, 0) is 20.6 Å². The number of benzene rings is 2. The zero-order chi connectivity index (χ0) is 14.4. The van der Waals surface area contributed by atoms with Crippen molar-refractivity contribution in [3.8, 4) is 0 Å². The Balaban J connectivity index is 0.000000960. The first-order valence-electron chi connectivity index (χ1n) is 7.04. The summed E-state index contributed by atoms with van der Waals surface area (Å²) in [6.07, 6.45) is 4.14. The van der Waals surface area contributed by atoms with E-state index in [2.05, 4.69) is 82.8 Å². The fraction of sp³-hybridized carbons (Fsp3) is 0.105. The van der Waals surface area contributed by atoms with Crippen molar-refractivity contribution in [2.45, 2.75) is 11.2 Å². The molecule has 1 unspecified atom stereocenters. The summed E-state index contributed by atoms with van der Waals surface area (Å²) in [6.45, 7) is 2.19. The summed E-state index contributed by atoms with van der Waals surface area (Å²) in [5.41, 5.74) is 6.24. The molecule has 0 amide bonds. The van der Waals surface area contributed by atoms with E-state index in [4.69, 9.17) is 0 Å². The maximum atomic E-state index is 4.63. The number of halogens is 2. The molecule has 1 aromatic heterocycles. The van der Waals surface area contributed by atoms with Gasteiger partial charge in [-0.15, -0.1) is 24.8 Å². The van der Waals surface area contributed by atoms with E-state index in [9.17, 15) is 0 Å². The fourth-order valence-electron chi connectivity index (χ4n) is 3.24. The van der Waals surface area contributed by atoms with Gasteiger partial charge in [0.15, 0.2) is 0 Å². The number of rotatable bonds is 1. The molecule has 0 radical (unpaired) electrons. The molecule has 4 heteroatoms. The Morgan fingerprint density at radius 2 is 1.57 bits per heavy atom. The van der Waals surface area contributed by atoms with Gasteiger partial charge in [-0.05, 0) is 0 Å². The van der Waals surface area contributed by atoms with Crippen LogP contribution in [0.4, 0.5) is 0 Å². The van der Waals surface area contributed by atoms with E-state index in [0.29, 0.717) is 0 Å². The molecule has 0 aliphatic heterocycles. The summed E-state index contributed by atoms with van der Waals surface area (Å²) in [5, 5.41) is 1.18. The number of hydrogen-bond acceptors (Lipinski definition) is 1. The maximum absolute atomic E-state index is 4.63. The summed E-state index contributed by atoms with van der Waals surface area (Å²) in [7, 11) is 0. The number of pyridine rings is 1. The zero-order valence-electron chi connectivity index (χ0n) is 12.5. The van der Waals surface area contributed by atoms with Crippen LogP contribution in [0.3, 0.4) is 0 Å². The van der Waals surface area contributed by atoms with E-state index in [1.165, 1.54) is 27.6 Å². The van der Waals surface area contributed by atoms with Crippen LogP contribution in [0.15, 0.2) is 66.4 Å². The molecule has 4 rings (SSSR count). The SMILES string of the molecule is CC1=Cc2ccccc2[C]1([Cr])c1cccc2cccnc12.Cl.Cl. The molecule has 0 N–H and O–H groups in total. The van der Waals surface area contributed by atoms with Crippen molar-refractivity contribution in [2.75, 3.05) is 0 Å². The maximum Gasteiger partial charge on any atom is -0.147 e. The van der Waals surface area contributed by atoms with Gasteiger partial charge < -0.3 is 0 Å². The Bertz CT molecular complexity index is 886. The Hall–Kier alpha value is -1.30. The molecule has 0 saturated heterocycles. The van der Waals surface area contributed by atoms with Gasteiger partial charge in [-0.2, -0.15) is 0 Å². The minimum atomic E-state index is -0.218. The van der Waals surface area contributed by atoms with Crippen molar-refractivity contribution >= 4 is 41.8 Å². The molecule has 1 atom stereocenters. The average Bonchev–Trinajstić information content (AvgIpc) is 2.79. The first-order valence-corrected chi connectivity index (χ1v) is 7.68. The van der Waals surface area contributed by atoms with Crippen molar-refractivity contribution in [2.24, 2.45) is 0 Å². The summed E-state index contributed by atoms with van der Waals surface area (Å²) in [6, 6.07) is 19.1. The molecule has 1 nitrogen and oxygen atoms in total. The third kappa shape index (κ3) is 2.61. The van der Waals surface area contributed by atoms with E-state index < -0.39 is 0 Å². The predicted molar refractivity (Wildman–Crippen MR) is 97.1 cm³/mol. The molecule has 2 aromatic carbocycles. The molecule has 0 saturated carbocycles. The summed E-state index contributed by atoms with van der Waals surface area (Å²) >= 11 is 3.46. The minimum Gasteiger partial charge on any atom is -0.147 e. The second-order valence-electron chi connectivity index (χ2n) is 5.48. The standard InChI is InChI=1S/C19H14N.2ClH.Cr/c1-13-12-15-6-2-3-9-16(15)18(13)17-10-4-7-14-8-5-11-20-19(14)17;;;/h2-12H,1H3;2*1H;. The van der Waals surface area contributed by atoms with E-state index >= 15 is 0 Å². The van der Waals surface area contributed by atoms with Crippen LogP contribution >= 0.6 is 24.8 Å². The molecule has 117 valence electrons. The van der Waals surface area contributed by atoms with Crippen molar-refractivity contribution in [3.63, 3.8) is 0 Å². The number of allylic oxidation sites excluding steroid dienone is 1. The summed E-state index contributed by atoms with van der Waals surface area (Å²) in [4.78, 5) is 4.63. The van der Waals surface area contributed by atoms with Crippen LogP contribution in [0.5, 0.6) is 0 Å². The van der Waals surface area contributed by atoms with Crippen LogP contribution in [0.2, 0.25) is 0 Å². The van der Waals surface area contributed by atoms with Crippen molar-refractivity contribution < 1.29 is 16.3 Å². The van der Waals surface area contributed by atoms with Gasteiger partial charge in [0, 0.05) is 0 Å². The van der Waals surface area contributed by atoms with Gasteiger partial charge in [-0.1, -0.05) is 0 Å². The third-order valence-corrected chi connectivity index (χ3v) is 5.47. The van der Waals surface area contributed by atoms with Crippen molar-refractivity contribution in [1.29, 1.82) is 0 Å². The number of hydrogen-bond donors (Lipinski definition) is 0. The van der Waals surface area contributed by atoms with Crippen LogP contribution in [0, 0.1) is 0 Å². The van der Waals surface area contributed by atoms with Gasteiger partial charge in [-0.3, -0.25) is 0 Å². The summed E-state index contributed by atoms with van der Waals surface area (Å²) < 4.78 is -0.218.